The van der Waals surface area contributed by atoms with Crippen molar-refractivity contribution in [3.8, 4) is 10.0 Å². The fourth-order valence-electron chi connectivity index (χ4n) is 2.46. The van der Waals surface area contributed by atoms with Gasteiger partial charge in [-0.25, -0.2) is 0 Å². The van der Waals surface area contributed by atoms with E-state index < -0.39 is 0 Å². The maximum absolute atomic E-state index is 11.6. The van der Waals surface area contributed by atoms with E-state index in [9.17, 15) is 4.79 Å². The minimum atomic E-state index is 0.233. The van der Waals surface area contributed by atoms with E-state index in [2.05, 4.69) is 55.5 Å². The number of hydrogen-bond donors (Lipinski definition) is 0. The first-order valence-corrected chi connectivity index (χ1v) is 8.43. The number of aryl methyl sites for hydroxylation is 1. The van der Waals surface area contributed by atoms with Crippen molar-refractivity contribution in [2.75, 3.05) is 0 Å². The minimum absolute atomic E-state index is 0.233. The summed E-state index contributed by atoms with van der Waals surface area (Å²) in [6, 6.07) is 17.1. The molecule has 0 saturated carbocycles. The predicted octanol–water partition coefficient (Wildman–Crippen LogP) is 4.00. The van der Waals surface area contributed by atoms with E-state index in [-0.39, 0.29) is 5.78 Å². The summed E-state index contributed by atoms with van der Waals surface area (Å²) in [6.07, 6.45) is 0.544. The molecule has 0 aliphatic carbocycles. The van der Waals surface area contributed by atoms with Crippen molar-refractivity contribution < 1.29 is 4.79 Å². The molecule has 0 aliphatic heterocycles. The zero-order valence-corrected chi connectivity index (χ0v) is 13.4. The quantitative estimate of drug-likeness (QED) is 0.665. The monoisotopic (exact) mass is 328 g/mol. The SMILES string of the molecule is CC(=O)Cc1c(-c2ccc(C)cc2)[se]c2ccccc12. The van der Waals surface area contributed by atoms with Gasteiger partial charge in [0.15, 0.2) is 0 Å². The average Bonchev–Trinajstić information content (AvgIpc) is 2.78. The van der Waals surface area contributed by atoms with Crippen LogP contribution in [0.15, 0.2) is 48.5 Å². The molecule has 20 heavy (non-hydrogen) atoms. The van der Waals surface area contributed by atoms with Crippen LogP contribution in [0.25, 0.3) is 19.6 Å². The second-order valence-electron chi connectivity index (χ2n) is 5.15. The first-order valence-electron chi connectivity index (χ1n) is 6.72. The summed E-state index contributed by atoms with van der Waals surface area (Å²) >= 11 is 0.302. The molecule has 0 N–H and O–H groups in total. The van der Waals surface area contributed by atoms with Crippen LogP contribution in [0.5, 0.6) is 0 Å². The molecule has 2 aromatic carbocycles. The van der Waals surface area contributed by atoms with Crippen LogP contribution in [0.1, 0.15) is 18.1 Å². The first kappa shape index (κ1) is 13.4. The summed E-state index contributed by atoms with van der Waals surface area (Å²) in [6.45, 7) is 3.77. The van der Waals surface area contributed by atoms with Gasteiger partial charge in [0, 0.05) is 0 Å². The van der Waals surface area contributed by atoms with Gasteiger partial charge >= 0.3 is 125 Å². The Morgan fingerprint density at radius 1 is 1.05 bits per heavy atom. The van der Waals surface area contributed by atoms with Gasteiger partial charge in [-0.15, -0.1) is 0 Å². The summed E-state index contributed by atoms with van der Waals surface area (Å²) in [5.41, 5.74) is 3.77. The Bertz CT molecular complexity index is 766. The molecule has 1 heterocycles. The number of benzene rings is 2. The number of fused-ring (bicyclic) bond motifs is 1. The fraction of sp³-hybridized carbons (Fsp3) is 0.167. The second-order valence-corrected chi connectivity index (χ2v) is 7.36. The van der Waals surface area contributed by atoms with E-state index in [1.807, 2.05) is 0 Å². The third-order valence-electron chi connectivity index (χ3n) is 3.44. The van der Waals surface area contributed by atoms with E-state index in [1.54, 1.807) is 6.92 Å². The van der Waals surface area contributed by atoms with E-state index in [4.69, 9.17) is 0 Å². The van der Waals surface area contributed by atoms with Crippen molar-refractivity contribution in [3.05, 3.63) is 59.7 Å². The number of hydrogen-bond acceptors (Lipinski definition) is 1. The Hall–Kier alpha value is -1.63. The van der Waals surface area contributed by atoms with Gasteiger partial charge in [-0.05, 0) is 0 Å². The van der Waals surface area contributed by atoms with Crippen LogP contribution < -0.4 is 0 Å². The number of ketones is 1. The third-order valence-corrected chi connectivity index (χ3v) is 6.09. The molecule has 0 aliphatic rings. The van der Waals surface area contributed by atoms with Crippen LogP contribution in [0.2, 0.25) is 0 Å². The van der Waals surface area contributed by atoms with E-state index >= 15 is 0 Å². The van der Waals surface area contributed by atoms with Crippen molar-refractivity contribution in [1.29, 1.82) is 0 Å². The van der Waals surface area contributed by atoms with Crippen molar-refractivity contribution in [1.82, 2.24) is 0 Å². The Balaban J connectivity index is 2.23. The van der Waals surface area contributed by atoms with Gasteiger partial charge in [0.25, 0.3) is 0 Å². The molecule has 0 spiro atoms. The summed E-state index contributed by atoms with van der Waals surface area (Å²) in [5.74, 6) is 0.233. The van der Waals surface area contributed by atoms with Crippen molar-refractivity contribution in [2.45, 2.75) is 20.3 Å². The Labute approximate surface area is 125 Å². The Morgan fingerprint density at radius 2 is 1.75 bits per heavy atom. The second kappa shape index (κ2) is 5.40. The van der Waals surface area contributed by atoms with Gasteiger partial charge in [-0.1, -0.05) is 0 Å². The zero-order chi connectivity index (χ0) is 14.1. The van der Waals surface area contributed by atoms with Gasteiger partial charge in [-0.2, -0.15) is 0 Å². The molecule has 0 amide bonds. The van der Waals surface area contributed by atoms with Crippen LogP contribution in [-0.2, 0) is 11.2 Å². The number of carbonyl (C=O) groups excluding carboxylic acids is 1. The first-order chi connectivity index (χ1) is 9.65. The van der Waals surface area contributed by atoms with Crippen LogP contribution in [0, 0.1) is 6.92 Å². The normalized spacial score (nSPS) is 10.9. The van der Waals surface area contributed by atoms with Crippen LogP contribution in [-0.4, -0.2) is 20.3 Å². The van der Waals surface area contributed by atoms with Crippen molar-refractivity contribution in [3.63, 3.8) is 0 Å². The number of carbonyl (C=O) groups is 1. The van der Waals surface area contributed by atoms with Crippen LogP contribution >= 0.6 is 0 Å². The third kappa shape index (κ3) is 2.49. The standard InChI is InChI=1S/C18H16OSe/c1-12-7-9-14(10-8-12)18-16(11-13(2)19)15-5-3-4-6-17(15)20-18/h3-10H,11H2,1-2H3. The van der Waals surface area contributed by atoms with Gasteiger partial charge in [0.05, 0.1) is 0 Å². The molecule has 1 aromatic heterocycles. The summed E-state index contributed by atoms with van der Waals surface area (Å²) in [4.78, 5) is 11.6. The molecular formula is C18H16OSe. The molecule has 3 aromatic rings. The maximum atomic E-state index is 11.6. The fourth-order valence-corrected chi connectivity index (χ4v) is 5.04. The molecule has 100 valence electrons. The van der Waals surface area contributed by atoms with Crippen molar-refractivity contribution in [2.24, 2.45) is 0 Å². The zero-order valence-electron chi connectivity index (χ0n) is 11.6. The molecule has 0 fully saturated rings. The molecule has 0 radical (unpaired) electrons. The van der Waals surface area contributed by atoms with Crippen molar-refractivity contribution >= 4 is 29.9 Å². The van der Waals surface area contributed by atoms with E-state index in [0.29, 0.717) is 20.9 Å². The summed E-state index contributed by atoms with van der Waals surface area (Å²) < 4.78 is 2.76. The average molecular weight is 327 g/mol. The number of rotatable bonds is 3. The van der Waals surface area contributed by atoms with E-state index in [0.717, 1.165) is 0 Å². The summed E-state index contributed by atoms with van der Waals surface area (Å²) in [7, 11) is 0. The Morgan fingerprint density at radius 3 is 2.45 bits per heavy atom. The Kier molecular flexibility index (Phi) is 3.60. The molecule has 1 nitrogen and oxygen atoms in total. The van der Waals surface area contributed by atoms with Crippen LogP contribution in [0.3, 0.4) is 0 Å². The van der Waals surface area contributed by atoms with Crippen LogP contribution in [0.4, 0.5) is 0 Å². The molecule has 0 atom stereocenters. The topological polar surface area (TPSA) is 17.1 Å². The predicted molar refractivity (Wildman–Crippen MR) is 85.4 cm³/mol. The molecular weight excluding hydrogens is 311 g/mol. The van der Waals surface area contributed by atoms with Gasteiger partial charge in [-0.3, -0.25) is 0 Å². The number of Topliss-reactive ketones (excluding diaryl/α,β-unsaturated/α-hetero) is 1. The summed E-state index contributed by atoms with van der Waals surface area (Å²) in [5, 5.41) is 1.28. The molecule has 0 bridgehead atoms. The van der Waals surface area contributed by atoms with E-state index in [1.165, 1.54) is 30.8 Å². The molecule has 3 rings (SSSR count). The molecule has 2 heteroatoms. The molecule has 0 saturated heterocycles. The molecule has 0 unspecified atom stereocenters. The van der Waals surface area contributed by atoms with Gasteiger partial charge in [0.1, 0.15) is 0 Å². The van der Waals surface area contributed by atoms with Gasteiger partial charge < -0.3 is 0 Å². The van der Waals surface area contributed by atoms with Gasteiger partial charge in [0.2, 0.25) is 0 Å².